The van der Waals surface area contributed by atoms with E-state index >= 15 is 0 Å². The van der Waals surface area contributed by atoms with Crippen molar-refractivity contribution in [3.05, 3.63) is 54.4 Å². The Kier molecular flexibility index (Phi) is 4.78. The number of hydrogen-bond donors (Lipinski definition) is 0. The monoisotopic (exact) mass is 387 g/mol. The van der Waals surface area contributed by atoms with Gasteiger partial charge in [0, 0.05) is 49.6 Å². The molecule has 3 aromatic rings. The molecular formula is C20H20F3N5. The van der Waals surface area contributed by atoms with E-state index in [9.17, 15) is 13.2 Å². The zero-order valence-corrected chi connectivity index (χ0v) is 15.4. The third-order valence-electron chi connectivity index (χ3n) is 5.17. The van der Waals surface area contributed by atoms with Gasteiger partial charge in [-0.2, -0.15) is 18.3 Å². The predicted molar refractivity (Wildman–Crippen MR) is 102 cm³/mol. The van der Waals surface area contributed by atoms with E-state index in [1.54, 1.807) is 12.4 Å². The van der Waals surface area contributed by atoms with Crippen molar-refractivity contribution >= 4 is 22.4 Å². The number of aromatic nitrogens is 3. The van der Waals surface area contributed by atoms with Crippen LogP contribution < -0.4 is 9.80 Å². The lowest BCUT2D eigenvalue weighted by atomic mass is 10.1. The summed E-state index contributed by atoms with van der Waals surface area (Å²) in [5, 5.41) is 8.89. The minimum Gasteiger partial charge on any atom is -0.372 e. The Labute approximate surface area is 160 Å². The summed E-state index contributed by atoms with van der Waals surface area (Å²) in [5.41, 5.74) is 0.526. The van der Waals surface area contributed by atoms with Gasteiger partial charge in [0.2, 0.25) is 0 Å². The van der Waals surface area contributed by atoms with Crippen molar-refractivity contribution in [2.75, 3.05) is 29.9 Å². The van der Waals surface area contributed by atoms with Crippen molar-refractivity contribution in [2.24, 2.45) is 0 Å². The molecule has 1 saturated heterocycles. The first kappa shape index (κ1) is 18.5. The summed E-state index contributed by atoms with van der Waals surface area (Å²) in [6, 6.07) is 9.65. The van der Waals surface area contributed by atoms with Crippen molar-refractivity contribution in [2.45, 2.75) is 25.1 Å². The summed E-state index contributed by atoms with van der Waals surface area (Å²) in [7, 11) is 1.96. The Bertz CT molecular complexity index is 961. The molecule has 1 aliphatic heterocycles. The number of rotatable bonds is 4. The number of fused-ring (bicyclic) bond motifs is 1. The predicted octanol–water partition coefficient (Wildman–Crippen LogP) is 4.15. The smallest absolute Gasteiger partial charge is 0.372 e. The van der Waals surface area contributed by atoms with Gasteiger partial charge in [-0.3, -0.25) is 4.98 Å². The second-order valence-electron chi connectivity index (χ2n) is 7.01. The van der Waals surface area contributed by atoms with E-state index in [1.807, 2.05) is 25.2 Å². The molecular weight excluding hydrogens is 367 g/mol. The van der Waals surface area contributed by atoms with E-state index in [1.165, 1.54) is 6.07 Å². The van der Waals surface area contributed by atoms with Crippen LogP contribution in [-0.2, 0) is 6.18 Å². The molecule has 1 unspecified atom stereocenters. The van der Waals surface area contributed by atoms with Gasteiger partial charge in [-0.1, -0.05) is 6.07 Å². The molecule has 1 aliphatic rings. The Morgan fingerprint density at radius 2 is 2.04 bits per heavy atom. The van der Waals surface area contributed by atoms with Crippen molar-refractivity contribution in [1.82, 2.24) is 15.2 Å². The molecule has 0 saturated carbocycles. The second-order valence-corrected chi connectivity index (χ2v) is 7.01. The van der Waals surface area contributed by atoms with Crippen LogP contribution in [0, 0.1) is 0 Å². The van der Waals surface area contributed by atoms with Crippen LogP contribution in [0.3, 0.4) is 0 Å². The number of nitrogens with zero attached hydrogens (tertiary/aromatic N) is 5. The zero-order chi connectivity index (χ0) is 19.7. The van der Waals surface area contributed by atoms with Crippen LogP contribution in [0.15, 0.2) is 48.8 Å². The van der Waals surface area contributed by atoms with E-state index in [0.717, 1.165) is 49.6 Å². The van der Waals surface area contributed by atoms with Crippen molar-refractivity contribution in [3.8, 4) is 0 Å². The maximum Gasteiger partial charge on any atom is 0.416 e. The number of halogens is 3. The van der Waals surface area contributed by atoms with Crippen LogP contribution in [0.25, 0.3) is 10.9 Å². The minimum absolute atomic E-state index is 0.263. The van der Waals surface area contributed by atoms with E-state index in [-0.39, 0.29) is 6.04 Å². The summed E-state index contributed by atoms with van der Waals surface area (Å²) in [6.07, 6.45) is 0.935. The van der Waals surface area contributed by atoms with Gasteiger partial charge in [0.05, 0.1) is 11.1 Å². The molecule has 5 nitrogen and oxygen atoms in total. The highest BCUT2D eigenvalue weighted by atomic mass is 19.4. The Hall–Kier alpha value is -2.90. The van der Waals surface area contributed by atoms with Crippen LogP contribution in [0.1, 0.15) is 18.4 Å². The lowest BCUT2D eigenvalue weighted by Crippen LogP contribution is -2.39. The van der Waals surface area contributed by atoms with Gasteiger partial charge in [-0.05, 0) is 43.2 Å². The highest BCUT2D eigenvalue weighted by Gasteiger charge is 2.31. The van der Waals surface area contributed by atoms with Crippen LogP contribution in [0.4, 0.5) is 24.7 Å². The maximum absolute atomic E-state index is 13.0. The molecule has 1 aromatic carbocycles. The topological polar surface area (TPSA) is 45.2 Å². The third kappa shape index (κ3) is 3.58. The number of likely N-dealkylation sites (N-methyl/N-ethyl adjacent to an activating group) is 1. The zero-order valence-electron chi connectivity index (χ0n) is 15.4. The quantitative estimate of drug-likeness (QED) is 0.673. The highest BCUT2D eigenvalue weighted by Crippen LogP contribution is 2.34. The van der Waals surface area contributed by atoms with Crippen LogP contribution >= 0.6 is 0 Å². The van der Waals surface area contributed by atoms with Crippen LogP contribution in [-0.4, -0.2) is 41.4 Å². The molecule has 1 fully saturated rings. The minimum atomic E-state index is -4.38. The van der Waals surface area contributed by atoms with Crippen LogP contribution in [0.5, 0.6) is 0 Å². The first-order valence-electron chi connectivity index (χ1n) is 9.15. The molecule has 2 aromatic heterocycles. The fraction of sp³-hybridized carbons (Fsp3) is 0.350. The molecule has 4 rings (SSSR count). The van der Waals surface area contributed by atoms with Gasteiger partial charge in [-0.15, -0.1) is 5.10 Å². The van der Waals surface area contributed by atoms with Crippen LogP contribution in [0.2, 0.25) is 0 Å². The molecule has 0 aliphatic carbocycles. The number of alkyl halides is 3. The molecule has 3 heterocycles. The first-order chi connectivity index (χ1) is 13.4. The number of hydrogen-bond acceptors (Lipinski definition) is 5. The van der Waals surface area contributed by atoms with Gasteiger partial charge >= 0.3 is 6.18 Å². The normalized spacial score (nSPS) is 17.3. The molecule has 0 spiro atoms. The van der Waals surface area contributed by atoms with Gasteiger partial charge in [-0.25, -0.2) is 0 Å². The highest BCUT2D eigenvalue weighted by molar-refractivity contribution is 5.92. The molecule has 28 heavy (non-hydrogen) atoms. The standard InChI is InChI=1S/C20H20F3N5/c1-27(13-15-4-3-11-28(15)19-5-2-9-25-26-19)18-8-10-24-17-12-14(20(21,22)23)6-7-16(17)18/h2,5-10,12,15H,3-4,11,13H2,1H3. The Morgan fingerprint density at radius 1 is 1.18 bits per heavy atom. The van der Waals surface area contributed by atoms with Gasteiger partial charge < -0.3 is 9.80 Å². The molecule has 1 atom stereocenters. The average Bonchev–Trinajstić information content (AvgIpc) is 3.15. The fourth-order valence-corrected chi connectivity index (χ4v) is 3.83. The molecule has 0 radical (unpaired) electrons. The molecule has 0 amide bonds. The van der Waals surface area contributed by atoms with Crippen molar-refractivity contribution < 1.29 is 13.2 Å². The van der Waals surface area contributed by atoms with Crippen molar-refractivity contribution in [1.29, 1.82) is 0 Å². The molecule has 8 heteroatoms. The van der Waals surface area contributed by atoms with Gasteiger partial charge in [0.25, 0.3) is 0 Å². The molecule has 0 N–H and O–H groups in total. The van der Waals surface area contributed by atoms with E-state index in [2.05, 4.69) is 25.0 Å². The second kappa shape index (κ2) is 7.26. The lowest BCUT2D eigenvalue weighted by Gasteiger charge is -2.30. The number of anilines is 2. The largest absolute Gasteiger partial charge is 0.416 e. The van der Waals surface area contributed by atoms with E-state index in [0.29, 0.717) is 10.9 Å². The summed E-state index contributed by atoms with van der Waals surface area (Å²) in [6.45, 7) is 1.65. The van der Waals surface area contributed by atoms with Crippen molar-refractivity contribution in [3.63, 3.8) is 0 Å². The van der Waals surface area contributed by atoms with Gasteiger partial charge in [0.15, 0.2) is 5.82 Å². The van der Waals surface area contributed by atoms with E-state index in [4.69, 9.17) is 0 Å². The first-order valence-corrected chi connectivity index (χ1v) is 9.15. The maximum atomic E-state index is 13.0. The fourth-order valence-electron chi connectivity index (χ4n) is 3.83. The number of pyridine rings is 1. The lowest BCUT2D eigenvalue weighted by molar-refractivity contribution is -0.137. The molecule has 0 bridgehead atoms. The summed E-state index contributed by atoms with van der Waals surface area (Å²) >= 11 is 0. The van der Waals surface area contributed by atoms with E-state index < -0.39 is 11.7 Å². The average molecular weight is 387 g/mol. The summed E-state index contributed by atoms with van der Waals surface area (Å²) in [4.78, 5) is 8.46. The Morgan fingerprint density at radius 3 is 2.79 bits per heavy atom. The number of benzene rings is 1. The summed E-state index contributed by atoms with van der Waals surface area (Å²) < 4.78 is 39.0. The summed E-state index contributed by atoms with van der Waals surface area (Å²) in [5.74, 6) is 0.854. The molecule has 146 valence electrons. The third-order valence-corrected chi connectivity index (χ3v) is 5.17. The van der Waals surface area contributed by atoms with Gasteiger partial charge in [0.1, 0.15) is 0 Å². The SMILES string of the molecule is CN(CC1CCCN1c1cccnn1)c1ccnc2cc(C(F)(F)F)ccc12. The Balaban J connectivity index is 1.59.